The molecule has 0 radical (unpaired) electrons. The summed E-state index contributed by atoms with van der Waals surface area (Å²) in [6.45, 7) is 8.54. The number of hydrogen-bond donors (Lipinski definition) is 1. The van der Waals surface area contributed by atoms with Crippen LogP contribution >= 0.6 is 0 Å². The van der Waals surface area contributed by atoms with Gasteiger partial charge in [0.2, 0.25) is 0 Å². The Morgan fingerprint density at radius 1 is 0.875 bits per heavy atom. The third-order valence-corrected chi connectivity index (χ3v) is 4.80. The fourth-order valence-electron chi connectivity index (χ4n) is 3.35. The Morgan fingerprint density at radius 3 is 2.25 bits per heavy atom. The number of rotatable bonds is 4. The molecule has 0 unspecified atom stereocenters. The van der Waals surface area contributed by atoms with Crippen molar-refractivity contribution in [3.05, 3.63) is 65.5 Å². The van der Waals surface area contributed by atoms with Gasteiger partial charge in [-0.05, 0) is 24.6 Å². The first-order chi connectivity index (χ1) is 11.8. The highest BCUT2D eigenvalue weighted by molar-refractivity contribution is 5.74. The fraction of sp³-hybridized carbons (Fsp3) is 0.350. The van der Waals surface area contributed by atoms with Gasteiger partial charge in [0.25, 0.3) is 0 Å². The van der Waals surface area contributed by atoms with Crippen molar-refractivity contribution in [3.63, 3.8) is 0 Å². The van der Waals surface area contributed by atoms with Crippen molar-refractivity contribution in [3.8, 4) is 0 Å². The van der Waals surface area contributed by atoms with E-state index in [2.05, 4.69) is 58.1 Å². The van der Waals surface area contributed by atoms with Gasteiger partial charge in [0.1, 0.15) is 5.82 Å². The van der Waals surface area contributed by atoms with E-state index in [1.807, 2.05) is 12.1 Å². The maximum Gasteiger partial charge on any atom is 0.121 e. The van der Waals surface area contributed by atoms with Gasteiger partial charge >= 0.3 is 0 Å². The molecule has 0 bridgehead atoms. The van der Waals surface area contributed by atoms with Crippen molar-refractivity contribution in [1.82, 2.24) is 19.8 Å². The molecule has 1 fully saturated rings. The van der Waals surface area contributed by atoms with Gasteiger partial charge in [-0.2, -0.15) is 0 Å². The number of aromatic amines is 1. The predicted molar refractivity (Wildman–Crippen MR) is 97.8 cm³/mol. The summed E-state index contributed by atoms with van der Waals surface area (Å²) in [5.74, 6) is 1.07. The summed E-state index contributed by atoms with van der Waals surface area (Å²) in [6.07, 6.45) is 0. The molecule has 1 aliphatic rings. The maximum atomic E-state index is 4.69. The van der Waals surface area contributed by atoms with Crippen LogP contribution in [-0.2, 0) is 13.1 Å². The zero-order valence-corrected chi connectivity index (χ0v) is 14.2. The highest BCUT2D eigenvalue weighted by Crippen LogP contribution is 2.14. The summed E-state index contributed by atoms with van der Waals surface area (Å²) in [7, 11) is 0. The molecular formula is C20H24N4. The van der Waals surface area contributed by atoms with Crippen LogP contribution in [0.1, 0.15) is 17.0 Å². The van der Waals surface area contributed by atoms with E-state index in [0.29, 0.717) is 0 Å². The van der Waals surface area contributed by atoms with Crippen molar-refractivity contribution in [2.24, 2.45) is 0 Å². The van der Waals surface area contributed by atoms with Gasteiger partial charge < -0.3 is 4.98 Å². The smallest absolute Gasteiger partial charge is 0.121 e. The van der Waals surface area contributed by atoms with Crippen LogP contribution in [0.3, 0.4) is 0 Å². The van der Waals surface area contributed by atoms with E-state index >= 15 is 0 Å². The van der Waals surface area contributed by atoms with Gasteiger partial charge in [0, 0.05) is 32.7 Å². The van der Waals surface area contributed by atoms with E-state index in [1.165, 1.54) is 11.1 Å². The lowest BCUT2D eigenvalue weighted by molar-refractivity contribution is 0.120. The van der Waals surface area contributed by atoms with E-state index < -0.39 is 0 Å². The molecule has 0 saturated carbocycles. The molecule has 1 aliphatic heterocycles. The minimum Gasteiger partial charge on any atom is -0.341 e. The molecule has 0 aliphatic carbocycles. The van der Waals surface area contributed by atoms with Crippen molar-refractivity contribution >= 4 is 11.0 Å². The number of nitrogens with one attached hydrogen (secondary N) is 1. The summed E-state index contributed by atoms with van der Waals surface area (Å²) >= 11 is 0. The molecule has 2 aromatic carbocycles. The van der Waals surface area contributed by atoms with Gasteiger partial charge in [0.05, 0.1) is 17.6 Å². The fourth-order valence-corrected chi connectivity index (χ4v) is 3.35. The van der Waals surface area contributed by atoms with Crippen LogP contribution in [0, 0.1) is 6.92 Å². The number of H-pyrrole nitrogens is 1. The zero-order chi connectivity index (χ0) is 16.4. The van der Waals surface area contributed by atoms with Crippen LogP contribution in [0.25, 0.3) is 11.0 Å². The van der Waals surface area contributed by atoms with Gasteiger partial charge in [-0.15, -0.1) is 0 Å². The quantitative estimate of drug-likeness (QED) is 0.802. The van der Waals surface area contributed by atoms with Crippen molar-refractivity contribution in [2.45, 2.75) is 20.0 Å². The number of fused-ring (bicyclic) bond motifs is 1. The third-order valence-electron chi connectivity index (χ3n) is 4.80. The van der Waals surface area contributed by atoms with Crippen LogP contribution in [0.2, 0.25) is 0 Å². The topological polar surface area (TPSA) is 35.2 Å². The lowest BCUT2D eigenvalue weighted by Gasteiger charge is -2.34. The molecule has 0 amide bonds. The lowest BCUT2D eigenvalue weighted by Crippen LogP contribution is -2.45. The Morgan fingerprint density at radius 2 is 1.54 bits per heavy atom. The Hall–Kier alpha value is -2.17. The van der Waals surface area contributed by atoms with Crippen molar-refractivity contribution < 1.29 is 0 Å². The van der Waals surface area contributed by atoms with E-state index in [9.17, 15) is 0 Å². The maximum absolute atomic E-state index is 4.69. The van der Waals surface area contributed by atoms with E-state index in [4.69, 9.17) is 4.98 Å². The Labute approximate surface area is 143 Å². The first-order valence-electron chi connectivity index (χ1n) is 8.70. The summed E-state index contributed by atoms with van der Waals surface area (Å²) in [5.41, 5.74) is 4.93. The number of piperazine rings is 1. The standard InChI is InChI=1S/C20H24N4/c1-16-6-8-17(9-7-16)14-23-10-12-24(13-11-23)15-20-21-18-4-2-3-5-19(18)22-20/h2-9H,10-15H2,1H3,(H,21,22). The number of benzene rings is 2. The van der Waals surface area contributed by atoms with Crippen molar-refractivity contribution in [1.29, 1.82) is 0 Å². The second-order valence-corrected chi connectivity index (χ2v) is 6.74. The van der Waals surface area contributed by atoms with Crippen LogP contribution in [0.5, 0.6) is 0 Å². The predicted octanol–water partition coefficient (Wildman–Crippen LogP) is 3.19. The molecule has 0 atom stereocenters. The van der Waals surface area contributed by atoms with Gasteiger partial charge in [-0.1, -0.05) is 42.0 Å². The number of aromatic nitrogens is 2. The highest BCUT2D eigenvalue weighted by atomic mass is 15.3. The summed E-state index contributed by atoms with van der Waals surface area (Å²) in [6, 6.07) is 17.1. The van der Waals surface area contributed by atoms with E-state index in [-0.39, 0.29) is 0 Å². The minimum atomic E-state index is 0.910. The molecule has 1 aromatic heterocycles. The molecular weight excluding hydrogens is 296 g/mol. The number of imidazole rings is 1. The molecule has 0 spiro atoms. The summed E-state index contributed by atoms with van der Waals surface area (Å²) in [4.78, 5) is 13.2. The first kappa shape index (κ1) is 15.4. The van der Waals surface area contributed by atoms with Crippen LogP contribution < -0.4 is 0 Å². The Balaban J connectivity index is 1.31. The lowest BCUT2D eigenvalue weighted by atomic mass is 10.1. The van der Waals surface area contributed by atoms with Gasteiger partial charge in [-0.3, -0.25) is 9.80 Å². The first-order valence-corrected chi connectivity index (χ1v) is 8.70. The SMILES string of the molecule is Cc1ccc(CN2CCN(Cc3nc4ccccc4[nH]3)CC2)cc1. The average molecular weight is 320 g/mol. The van der Waals surface area contributed by atoms with E-state index in [1.54, 1.807) is 0 Å². The normalized spacial score (nSPS) is 16.7. The monoisotopic (exact) mass is 320 g/mol. The average Bonchev–Trinajstić information content (AvgIpc) is 3.01. The van der Waals surface area contributed by atoms with Crippen LogP contribution in [0.4, 0.5) is 0 Å². The van der Waals surface area contributed by atoms with Gasteiger partial charge in [-0.25, -0.2) is 4.98 Å². The Kier molecular flexibility index (Phi) is 4.32. The minimum absolute atomic E-state index is 0.910. The molecule has 24 heavy (non-hydrogen) atoms. The third kappa shape index (κ3) is 3.50. The molecule has 4 rings (SSSR count). The van der Waals surface area contributed by atoms with Crippen molar-refractivity contribution in [2.75, 3.05) is 26.2 Å². The molecule has 1 N–H and O–H groups in total. The van der Waals surface area contributed by atoms with Crippen LogP contribution in [-0.4, -0.2) is 45.9 Å². The van der Waals surface area contributed by atoms with Crippen LogP contribution in [0.15, 0.2) is 48.5 Å². The second-order valence-electron chi connectivity index (χ2n) is 6.74. The second kappa shape index (κ2) is 6.75. The Bertz CT molecular complexity index is 765. The molecule has 124 valence electrons. The summed E-state index contributed by atoms with van der Waals surface area (Å²) in [5, 5.41) is 0. The molecule has 4 nitrogen and oxygen atoms in total. The molecule has 2 heterocycles. The molecule has 3 aromatic rings. The molecule has 1 saturated heterocycles. The number of para-hydroxylation sites is 2. The number of aryl methyl sites for hydroxylation is 1. The number of nitrogens with zero attached hydrogens (tertiary/aromatic N) is 3. The summed E-state index contributed by atoms with van der Waals surface area (Å²) < 4.78 is 0. The van der Waals surface area contributed by atoms with E-state index in [0.717, 1.165) is 56.1 Å². The highest BCUT2D eigenvalue weighted by Gasteiger charge is 2.18. The largest absolute Gasteiger partial charge is 0.341 e. The molecule has 4 heteroatoms. The van der Waals surface area contributed by atoms with Gasteiger partial charge in [0.15, 0.2) is 0 Å². The number of hydrogen-bond acceptors (Lipinski definition) is 3. The zero-order valence-electron chi connectivity index (χ0n) is 14.2.